The Bertz CT molecular complexity index is 391. The van der Waals surface area contributed by atoms with E-state index in [9.17, 15) is 4.79 Å². The standard InChI is InChI=1S/C13H12O2/c14-13(15)12-10-8-6-4-2-1-3-5-7-9-11-12/h1-11H,(H,14,15). The summed E-state index contributed by atoms with van der Waals surface area (Å²) in [5, 5.41) is 8.83. The summed E-state index contributed by atoms with van der Waals surface area (Å²) in [5.41, 5.74) is 0.258. The van der Waals surface area contributed by atoms with Gasteiger partial charge in [-0.15, -0.1) is 0 Å². The average Bonchev–Trinajstić information content (AvgIpc) is 2.18. The Morgan fingerprint density at radius 3 is 1.80 bits per heavy atom. The molecular formula is C13H12O2. The molecule has 2 nitrogen and oxygen atoms in total. The summed E-state index contributed by atoms with van der Waals surface area (Å²) in [6.07, 6.45) is 19.4. The highest BCUT2D eigenvalue weighted by molar-refractivity contribution is 5.90. The van der Waals surface area contributed by atoms with E-state index in [0.29, 0.717) is 0 Å². The van der Waals surface area contributed by atoms with Crippen molar-refractivity contribution in [3.63, 3.8) is 0 Å². The summed E-state index contributed by atoms with van der Waals surface area (Å²) in [7, 11) is 0. The average molecular weight is 200 g/mol. The third-order valence-corrected chi connectivity index (χ3v) is 1.69. The predicted octanol–water partition coefficient (Wildman–Crippen LogP) is 2.79. The number of carboxylic acid groups (broad SMARTS) is 1. The molecule has 0 heterocycles. The Balaban J connectivity index is 2.92. The van der Waals surface area contributed by atoms with Crippen LogP contribution in [0.25, 0.3) is 0 Å². The number of hydrogen-bond acceptors (Lipinski definition) is 1. The molecule has 0 saturated carbocycles. The lowest BCUT2D eigenvalue weighted by molar-refractivity contribution is -0.132. The van der Waals surface area contributed by atoms with Crippen molar-refractivity contribution in [1.82, 2.24) is 0 Å². The first-order valence-corrected chi connectivity index (χ1v) is 4.59. The highest BCUT2D eigenvalue weighted by atomic mass is 16.4. The molecule has 0 radical (unpaired) electrons. The van der Waals surface area contributed by atoms with Crippen LogP contribution in [0.1, 0.15) is 0 Å². The van der Waals surface area contributed by atoms with Crippen molar-refractivity contribution >= 4 is 5.97 Å². The lowest BCUT2D eigenvalue weighted by atomic mass is 10.2. The van der Waals surface area contributed by atoms with E-state index in [2.05, 4.69) is 0 Å². The van der Waals surface area contributed by atoms with Crippen LogP contribution < -0.4 is 0 Å². The molecule has 0 bridgehead atoms. The monoisotopic (exact) mass is 200 g/mol. The van der Waals surface area contributed by atoms with Crippen molar-refractivity contribution in [2.75, 3.05) is 0 Å². The van der Waals surface area contributed by atoms with Crippen LogP contribution in [-0.2, 0) is 4.79 Å². The molecule has 0 atom stereocenters. The number of carboxylic acids is 1. The highest BCUT2D eigenvalue weighted by Crippen LogP contribution is 1.99. The van der Waals surface area contributed by atoms with Gasteiger partial charge in [0.1, 0.15) is 0 Å². The lowest BCUT2D eigenvalue weighted by Crippen LogP contribution is -1.96. The molecule has 15 heavy (non-hydrogen) atoms. The van der Waals surface area contributed by atoms with Crippen LogP contribution in [0.15, 0.2) is 72.4 Å². The predicted molar refractivity (Wildman–Crippen MR) is 61.4 cm³/mol. The molecule has 1 aliphatic rings. The minimum Gasteiger partial charge on any atom is -0.478 e. The van der Waals surface area contributed by atoms with E-state index in [-0.39, 0.29) is 5.57 Å². The van der Waals surface area contributed by atoms with Gasteiger partial charge in [0.25, 0.3) is 0 Å². The summed E-state index contributed by atoms with van der Waals surface area (Å²) >= 11 is 0. The number of allylic oxidation sites excluding steroid dienone is 10. The highest BCUT2D eigenvalue weighted by Gasteiger charge is 1.99. The zero-order valence-corrected chi connectivity index (χ0v) is 8.21. The molecule has 76 valence electrons. The first kappa shape index (κ1) is 11.0. The van der Waals surface area contributed by atoms with Gasteiger partial charge in [0, 0.05) is 0 Å². The van der Waals surface area contributed by atoms with Gasteiger partial charge in [0.05, 0.1) is 5.57 Å². The smallest absolute Gasteiger partial charge is 0.335 e. The minimum atomic E-state index is -0.930. The second-order valence-electron chi connectivity index (χ2n) is 2.83. The van der Waals surface area contributed by atoms with Gasteiger partial charge in [-0.25, -0.2) is 4.79 Å². The first-order chi connectivity index (χ1) is 7.30. The molecule has 0 aliphatic heterocycles. The second-order valence-corrected chi connectivity index (χ2v) is 2.83. The van der Waals surface area contributed by atoms with E-state index in [1.54, 1.807) is 36.5 Å². The normalized spacial score (nSPS) is 15.6. The summed E-state index contributed by atoms with van der Waals surface area (Å²) in [6, 6.07) is 0. The molecule has 0 amide bonds. The Hall–Kier alpha value is -2.09. The summed E-state index contributed by atoms with van der Waals surface area (Å²) in [6.45, 7) is 0. The fourth-order valence-electron chi connectivity index (χ4n) is 0.966. The van der Waals surface area contributed by atoms with E-state index < -0.39 is 5.97 Å². The van der Waals surface area contributed by atoms with Crippen LogP contribution in [0.3, 0.4) is 0 Å². The molecular weight excluding hydrogens is 188 g/mol. The topological polar surface area (TPSA) is 37.3 Å². The quantitative estimate of drug-likeness (QED) is 0.706. The Labute approximate surface area is 88.9 Å². The zero-order valence-electron chi connectivity index (χ0n) is 8.21. The molecule has 0 saturated heterocycles. The first-order valence-electron chi connectivity index (χ1n) is 4.59. The summed E-state index contributed by atoms with van der Waals surface area (Å²) in [5.74, 6) is -0.930. The fourth-order valence-corrected chi connectivity index (χ4v) is 0.966. The van der Waals surface area contributed by atoms with E-state index in [4.69, 9.17) is 5.11 Å². The van der Waals surface area contributed by atoms with E-state index in [1.807, 2.05) is 30.4 Å². The number of rotatable bonds is 1. The van der Waals surface area contributed by atoms with Crippen molar-refractivity contribution in [2.24, 2.45) is 0 Å². The third-order valence-electron chi connectivity index (χ3n) is 1.69. The molecule has 0 fully saturated rings. The molecule has 1 rings (SSSR count). The Kier molecular flexibility index (Phi) is 4.67. The van der Waals surface area contributed by atoms with Crippen molar-refractivity contribution in [3.8, 4) is 0 Å². The van der Waals surface area contributed by atoms with Crippen LogP contribution >= 0.6 is 0 Å². The minimum absolute atomic E-state index is 0.258. The van der Waals surface area contributed by atoms with Gasteiger partial charge in [-0.2, -0.15) is 0 Å². The maximum absolute atomic E-state index is 10.8. The van der Waals surface area contributed by atoms with Gasteiger partial charge < -0.3 is 5.11 Å². The SMILES string of the molecule is O=C(O)C1=CC=CC=CC=CC=CC=C1. The molecule has 2 heteroatoms. The fraction of sp³-hybridized carbons (Fsp3) is 0. The molecule has 0 aromatic carbocycles. The van der Waals surface area contributed by atoms with Crippen molar-refractivity contribution in [3.05, 3.63) is 72.4 Å². The van der Waals surface area contributed by atoms with E-state index >= 15 is 0 Å². The van der Waals surface area contributed by atoms with Crippen LogP contribution in [0, 0.1) is 0 Å². The van der Waals surface area contributed by atoms with E-state index in [0.717, 1.165) is 0 Å². The Morgan fingerprint density at radius 2 is 1.27 bits per heavy atom. The zero-order chi connectivity index (χ0) is 10.9. The number of hydrogen-bond donors (Lipinski definition) is 1. The van der Waals surface area contributed by atoms with Gasteiger partial charge in [0.2, 0.25) is 0 Å². The van der Waals surface area contributed by atoms with Gasteiger partial charge in [-0.1, -0.05) is 54.7 Å². The van der Waals surface area contributed by atoms with Gasteiger partial charge in [-0.05, 0) is 12.2 Å². The Morgan fingerprint density at radius 1 is 0.800 bits per heavy atom. The molecule has 0 unspecified atom stereocenters. The largest absolute Gasteiger partial charge is 0.478 e. The summed E-state index contributed by atoms with van der Waals surface area (Å²) in [4.78, 5) is 10.8. The van der Waals surface area contributed by atoms with Gasteiger partial charge in [0.15, 0.2) is 0 Å². The third kappa shape index (κ3) is 4.62. The van der Waals surface area contributed by atoms with Gasteiger partial charge >= 0.3 is 5.97 Å². The molecule has 0 aromatic rings. The number of aliphatic carboxylic acids is 1. The van der Waals surface area contributed by atoms with Crippen LogP contribution in [0.2, 0.25) is 0 Å². The van der Waals surface area contributed by atoms with Crippen LogP contribution in [0.4, 0.5) is 0 Å². The molecule has 1 N–H and O–H groups in total. The van der Waals surface area contributed by atoms with Crippen molar-refractivity contribution < 1.29 is 9.90 Å². The maximum atomic E-state index is 10.8. The van der Waals surface area contributed by atoms with Crippen molar-refractivity contribution in [1.29, 1.82) is 0 Å². The van der Waals surface area contributed by atoms with Crippen molar-refractivity contribution in [2.45, 2.75) is 0 Å². The molecule has 1 aliphatic carbocycles. The lowest BCUT2D eigenvalue weighted by Gasteiger charge is -1.90. The van der Waals surface area contributed by atoms with Gasteiger partial charge in [-0.3, -0.25) is 0 Å². The molecule has 0 spiro atoms. The van der Waals surface area contributed by atoms with Crippen LogP contribution in [0.5, 0.6) is 0 Å². The van der Waals surface area contributed by atoms with E-state index in [1.165, 1.54) is 0 Å². The van der Waals surface area contributed by atoms with Crippen LogP contribution in [-0.4, -0.2) is 11.1 Å². The second kappa shape index (κ2) is 6.38. The summed E-state index contributed by atoms with van der Waals surface area (Å²) < 4.78 is 0. The number of carbonyl (C=O) groups is 1. The maximum Gasteiger partial charge on any atom is 0.335 e. The molecule has 0 aromatic heterocycles.